The number of aryl methyl sites for hydroxylation is 1. The maximum atomic E-state index is 12.2. The van der Waals surface area contributed by atoms with Crippen LogP contribution in [0.15, 0.2) is 29.2 Å². The summed E-state index contributed by atoms with van der Waals surface area (Å²) in [6.45, 7) is 3.37. The summed E-state index contributed by atoms with van der Waals surface area (Å²) in [5, 5.41) is 3.58. The van der Waals surface area contributed by atoms with E-state index in [1.54, 1.807) is 12.4 Å². The van der Waals surface area contributed by atoms with E-state index in [9.17, 15) is 4.79 Å². The minimum Gasteiger partial charge on any atom is -0.356 e. The summed E-state index contributed by atoms with van der Waals surface area (Å²) in [5.74, 6) is 1.14. The SMILES string of the molecule is Cc1cc(N(C)C2CCN(C(=O)c3ccno3)CC2)ncn1. The number of piperidine rings is 1. The van der Waals surface area contributed by atoms with Crippen molar-refractivity contribution in [3.8, 4) is 0 Å². The number of carbonyl (C=O) groups excluding carboxylic acids is 1. The third kappa shape index (κ3) is 2.93. The maximum Gasteiger partial charge on any atom is 0.292 e. The highest BCUT2D eigenvalue weighted by Crippen LogP contribution is 2.21. The lowest BCUT2D eigenvalue weighted by molar-refractivity contribution is 0.0671. The number of likely N-dealkylation sites (tertiary alicyclic amines) is 1. The highest BCUT2D eigenvalue weighted by Gasteiger charge is 2.27. The maximum absolute atomic E-state index is 12.2. The molecule has 22 heavy (non-hydrogen) atoms. The fourth-order valence-electron chi connectivity index (χ4n) is 2.76. The van der Waals surface area contributed by atoms with E-state index in [0.29, 0.717) is 24.9 Å². The van der Waals surface area contributed by atoms with Gasteiger partial charge < -0.3 is 14.3 Å². The van der Waals surface area contributed by atoms with Gasteiger partial charge in [-0.05, 0) is 19.8 Å². The zero-order chi connectivity index (χ0) is 15.5. The van der Waals surface area contributed by atoms with Crippen LogP contribution < -0.4 is 4.90 Å². The smallest absolute Gasteiger partial charge is 0.292 e. The van der Waals surface area contributed by atoms with Gasteiger partial charge in [0, 0.05) is 44.0 Å². The standard InChI is InChI=1S/C15H19N5O2/c1-11-9-14(17-10-16-11)19(2)12-4-7-20(8-5-12)15(21)13-3-6-18-22-13/h3,6,9-10,12H,4-5,7-8H2,1-2H3. The number of nitrogens with zero attached hydrogens (tertiary/aromatic N) is 5. The second-order valence-electron chi connectivity index (χ2n) is 5.53. The van der Waals surface area contributed by atoms with Crippen molar-refractivity contribution in [2.75, 3.05) is 25.0 Å². The molecule has 3 heterocycles. The molecule has 0 radical (unpaired) electrons. The zero-order valence-electron chi connectivity index (χ0n) is 12.8. The van der Waals surface area contributed by atoms with E-state index in [0.717, 1.165) is 24.4 Å². The van der Waals surface area contributed by atoms with E-state index < -0.39 is 0 Å². The van der Waals surface area contributed by atoms with Crippen molar-refractivity contribution in [2.45, 2.75) is 25.8 Å². The summed E-state index contributed by atoms with van der Waals surface area (Å²) in [4.78, 5) is 24.6. The van der Waals surface area contributed by atoms with Crippen molar-refractivity contribution in [1.82, 2.24) is 20.0 Å². The molecule has 0 atom stereocenters. The molecule has 2 aromatic heterocycles. The quantitative estimate of drug-likeness (QED) is 0.855. The molecule has 1 aliphatic rings. The van der Waals surface area contributed by atoms with Crippen LogP contribution in [0.1, 0.15) is 29.1 Å². The molecular formula is C15H19N5O2. The molecule has 7 nitrogen and oxygen atoms in total. The van der Waals surface area contributed by atoms with Gasteiger partial charge in [-0.2, -0.15) is 0 Å². The Morgan fingerprint density at radius 1 is 1.36 bits per heavy atom. The van der Waals surface area contributed by atoms with Crippen LogP contribution in [0.5, 0.6) is 0 Å². The second-order valence-corrected chi connectivity index (χ2v) is 5.53. The number of aromatic nitrogens is 3. The molecule has 116 valence electrons. The van der Waals surface area contributed by atoms with Gasteiger partial charge in [0.2, 0.25) is 5.76 Å². The largest absolute Gasteiger partial charge is 0.356 e. The molecule has 1 fully saturated rings. The predicted octanol–water partition coefficient (Wildman–Crippen LogP) is 1.51. The van der Waals surface area contributed by atoms with E-state index in [2.05, 4.69) is 20.0 Å². The van der Waals surface area contributed by atoms with Gasteiger partial charge in [0.15, 0.2) is 0 Å². The molecule has 0 bridgehead atoms. The van der Waals surface area contributed by atoms with Crippen LogP contribution >= 0.6 is 0 Å². The van der Waals surface area contributed by atoms with Crippen molar-refractivity contribution in [3.05, 3.63) is 36.1 Å². The summed E-state index contributed by atoms with van der Waals surface area (Å²) in [7, 11) is 2.04. The Labute approximate surface area is 128 Å². The van der Waals surface area contributed by atoms with Gasteiger partial charge in [0.25, 0.3) is 5.91 Å². The van der Waals surface area contributed by atoms with Crippen molar-refractivity contribution in [1.29, 1.82) is 0 Å². The zero-order valence-corrected chi connectivity index (χ0v) is 12.8. The topological polar surface area (TPSA) is 75.4 Å². The molecule has 1 amide bonds. The van der Waals surface area contributed by atoms with Crippen LogP contribution in [0.3, 0.4) is 0 Å². The summed E-state index contributed by atoms with van der Waals surface area (Å²) < 4.78 is 4.94. The average molecular weight is 301 g/mol. The summed E-state index contributed by atoms with van der Waals surface area (Å²) in [6.07, 6.45) is 4.88. The first-order chi connectivity index (χ1) is 10.6. The number of hydrogen-bond acceptors (Lipinski definition) is 6. The van der Waals surface area contributed by atoms with Crippen molar-refractivity contribution < 1.29 is 9.32 Å². The number of amides is 1. The predicted molar refractivity (Wildman–Crippen MR) is 80.6 cm³/mol. The lowest BCUT2D eigenvalue weighted by Gasteiger charge is -2.36. The average Bonchev–Trinajstić information content (AvgIpc) is 3.08. The molecule has 0 aromatic carbocycles. The number of carbonyl (C=O) groups is 1. The van der Waals surface area contributed by atoms with Crippen LogP contribution in [0.4, 0.5) is 5.82 Å². The van der Waals surface area contributed by atoms with Crippen LogP contribution in [0.2, 0.25) is 0 Å². The highest BCUT2D eigenvalue weighted by atomic mass is 16.5. The molecule has 1 saturated heterocycles. The fourth-order valence-corrected chi connectivity index (χ4v) is 2.76. The van der Waals surface area contributed by atoms with Crippen molar-refractivity contribution in [2.24, 2.45) is 0 Å². The normalized spacial score (nSPS) is 15.8. The molecule has 0 unspecified atom stereocenters. The van der Waals surface area contributed by atoms with E-state index in [1.807, 2.05) is 24.9 Å². The number of anilines is 1. The Kier molecular flexibility index (Phi) is 4.04. The van der Waals surface area contributed by atoms with E-state index in [-0.39, 0.29) is 5.91 Å². The first-order valence-electron chi connectivity index (χ1n) is 7.36. The Balaban J connectivity index is 1.61. The summed E-state index contributed by atoms with van der Waals surface area (Å²) in [6, 6.07) is 3.95. The minimum atomic E-state index is -0.0866. The number of hydrogen-bond donors (Lipinski definition) is 0. The number of rotatable bonds is 3. The third-order valence-electron chi connectivity index (χ3n) is 4.10. The van der Waals surface area contributed by atoms with Crippen molar-refractivity contribution >= 4 is 11.7 Å². The molecule has 2 aromatic rings. The van der Waals surface area contributed by atoms with Crippen LogP contribution in [0.25, 0.3) is 0 Å². The van der Waals surface area contributed by atoms with Gasteiger partial charge >= 0.3 is 0 Å². The van der Waals surface area contributed by atoms with Crippen LogP contribution in [-0.4, -0.2) is 52.1 Å². The molecule has 1 aliphatic heterocycles. The first-order valence-corrected chi connectivity index (χ1v) is 7.36. The molecule has 7 heteroatoms. The van der Waals surface area contributed by atoms with Gasteiger partial charge in [0.1, 0.15) is 12.1 Å². The van der Waals surface area contributed by atoms with Crippen molar-refractivity contribution in [3.63, 3.8) is 0 Å². The van der Waals surface area contributed by atoms with E-state index >= 15 is 0 Å². The lowest BCUT2D eigenvalue weighted by Crippen LogP contribution is -2.45. The van der Waals surface area contributed by atoms with Gasteiger partial charge in [-0.3, -0.25) is 4.79 Å². The first kappa shape index (κ1) is 14.5. The Morgan fingerprint density at radius 3 is 2.77 bits per heavy atom. The van der Waals surface area contributed by atoms with Crippen LogP contribution in [0, 0.1) is 6.92 Å². The molecule has 0 spiro atoms. The van der Waals surface area contributed by atoms with Gasteiger partial charge in [-0.1, -0.05) is 5.16 Å². The minimum absolute atomic E-state index is 0.0866. The summed E-state index contributed by atoms with van der Waals surface area (Å²) >= 11 is 0. The fraction of sp³-hybridized carbons (Fsp3) is 0.467. The monoisotopic (exact) mass is 301 g/mol. The Morgan fingerprint density at radius 2 is 2.14 bits per heavy atom. The Bertz CT molecular complexity index is 635. The Hall–Kier alpha value is -2.44. The second kappa shape index (κ2) is 6.13. The molecule has 3 rings (SSSR count). The van der Waals surface area contributed by atoms with Crippen LogP contribution in [-0.2, 0) is 0 Å². The van der Waals surface area contributed by atoms with Gasteiger partial charge in [-0.25, -0.2) is 9.97 Å². The van der Waals surface area contributed by atoms with E-state index in [1.165, 1.54) is 6.20 Å². The molecule has 0 saturated carbocycles. The van der Waals surface area contributed by atoms with Gasteiger partial charge in [-0.15, -0.1) is 0 Å². The molecular weight excluding hydrogens is 282 g/mol. The highest BCUT2D eigenvalue weighted by molar-refractivity contribution is 5.91. The molecule has 0 N–H and O–H groups in total. The summed E-state index contributed by atoms with van der Waals surface area (Å²) in [5.41, 5.74) is 0.954. The third-order valence-corrected chi connectivity index (χ3v) is 4.10. The molecule has 0 aliphatic carbocycles. The van der Waals surface area contributed by atoms with E-state index in [4.69, 9.17) is 4.52 Å². The van der Waals surface area contributed by atoms with Gasteiger partial charge in [0.05, 0.1) is 6.20 Å². The lowest BCUT2D eigenvalue weighted by atomic mass is 10.0.